The lowest BCUT2D eigenvalue weighted by Gasteiger charge is -2.23. The van der Waals surface area contributed by atoms with Crippen LogP contribution >= 0.6 is 15.9 Å². The highest BCUT2D eigenvalue weighted by atomic mass is 79.9. The zero-order valence-corrected chi connectivity index (χ0v) is 17.2. The molecular formula is C21H25BrN2O2. The van der Waals surface area contributed by atoms with Gasteiger partial charge in [0.05, 0.1) is 5.56 Å². The van der Waals surface area contributed by atoms with E-state index in [2.05, 4.69) is 33.5 Å². The van der Waals surface area contributed by atoms with Gasteiger partial charge in [0, 0.05) is 10.2 Å². The highest BCUT2D eigenvalue weighted by Crippen LogP contribution is 2.22. The van der Waals surface area contributed by atoms with Gasteiger partial charge >= 0.3 is 0 Å². The van der Waals surface area contributed by atoms with Gasteiger partial charge in [-0.3, -0.25) is 9.59 Å². The smallest absolute Gasteiger partial charge is 0.253 e. The number of para-hydroxylation sites is 1. The van der Waals surface area contributed by atoms with Crippen molar-refractivity contribution in [1.82, 2.24) is 5.32 Å². The maximum Gasteiger partial charge on any atom is 0.253 e. The molecule has 0 bridgehead atoms. The Hall–Kier alpha value is -2.14. The van der Waals surface area contributed by atoms with Crippen molar-refractivity contribution in [2.24, 2.45) is 5.92 Å². The van der Waals surface area contributed by atoms with E-state index in [1.165, 1.54) is 0 Å². The molecule has 2 aromatic rings. The fourth-order valence-corrected chi connectivity index (χ4v) is 3.27. The summed E-state index contributed by atoms with van der Waals surface area (Å²) in [7, 11) is 0. The molecule has 2 N–H and O–H groups in total. The monoisotopic (exact) mass is 416 g/mol. The second-order valence-electron chi connectivity index (χ2n) is 6.63. The van der Waals surface area contributed by atoms with Crippen molar-refractivity contribution < 1.29 is 9.59 Å². The van der Waals surface area contributed by atoms with Crippen molar-refractivity contribution in [3.63, 3.8) is 0 Å². The van der Waals surface area contributed by atoms with Crippen LogP contribution in [0.5, 0.6) is 0 Å². The van der Waals surface area contributed by atoms with Gasteiger partial charge < -0.3 is 10.6 Å². The summed E-state index contributed by atoms with van der Waals surface area (Å²) in [6.07, 6.45) is 0.826. The van der Waals surface area contributed by atoms with E-state index in [4.69, 9.17) is 0 Å². The largest absolute Gasteiger partial charge is 0.340 e. The van der Waals surface area contributed by atoms with E-state index >= 15 is 0 Å². The van der Waals surface area contributed by atoms with Crippen LogP contribution in [-0.4, -0.2) is 17.9 Å². The maximum atomic E-state index is 12.9. The number of benzene rings is 2. The molecule has 138 valence electrons. The van der Waals surface area contributed by atoms with Gasteiger partial charge in [0.25, 0.3) is 5.91 Å². The molecule has 0 aliphatic heterocycles. The number of carbonyl (C=O) groups excluding carboxylic acids is 2. The molecule has 0 aromatic heterocycles. The van der Waals surface area contributed by atoms with E-state index < -0.39 is 6.04 Å². The lowest BCUT2D eigenvalue weighted by atomic mass is 10.0. The predicted octanol–water partition coefficient (Wildman–Crippen LogP) is 4.71. The Balaban J connectivity index is 2.21. The van der Waals surface area contributed by atoms with Crippen molar-refractivity contribution in [1.29, 1.82) is 0 Å². The molecule has 5 heteroatoms. The second kappa shape index (κ2) is 8.99. The first-order valence-corrected chi connectivity index (χ1v) is 9.59. The standard InChI is InChI=1S/C21H25BrN2O2/c1-5-15-10-8-9-14(4)19(15)24-21(26)18(13(2)3)23-20(25)16-11-6-7-12-17(16)22/h6-13,18H,5H2,1-4H3,(H,23,25)(H,24,26)/t18-/m0/s1. The Kier molecular flexibility index (Phi) is 6.98. The summed E-state index contributed by atoms with van der Waals surface area (Å²) in [5.41, 5.74) is 3.44. The Bertz CT molecular complexity index is 802. The zero-order valence-electron chi connectivity index (χ0n) is 15.6. The van der Waals surface area contributed by atoms with E-state index in [-0.39, 0.29) is 17.7 Å². The topological polar surface area (TPSA) is 58.2 Å². The number of aryl methyl sites for hydroxylation is 2. The molecule has 0 aliphatic carbocycles. The van der Waals surface area contributed by atoms with Crippen LogP contribution in [0.25, 0.3) is 0 Å². The van der Waals surface area contributed by atoms with Crippen molar-refractivity contribution >= 4 is 33.4 Å². The van der Waals surface area contributed by atoms with Gasteiger partial charge in [0.2, 0.25) is 5.91 Å². The highest BCUT2D eigenvalue weighted by molar-refractivity contribution is 9.10. The molecule has 2 rings (SSSR count). The minimum absolute atomic E-state index is 0.0458. The van der Waals surface area contributed by atoms with Crippen LogP contribution in [0.4, 0.5) is 5.69 Å². The fraction of sp³-hybridized carbons (Fsp3) is 0.333. The molecule has 0 heterocycles. The van der Waals surface area contributed by atoms with Gasteiger partial charge in [-0.05, 0) is 58.5 Å². The third kappa shape index (κ3) is 4.73. The van der Waals surface area contributed by atoms with Gasteiger partial charge in [0.1, 0.15) is 6.04 Å². The Morgan fingerprint density at radius 2 is 1.77 bits per heavy atom. The highest BCUT2D eigenvalue weighted by Gasteiger charge is 2.26. The lowest BCUT2D eigenvalue weighted by Crippen LogP contribution is -2.47. The van der Waals surface area contributed by atoms with Gasteiger partial charge in [-0.25, -0.2) is 0 Å². The zero-order chi connectivity index (χ0) is 19.3. The van der Waals surface area contributed by atoms with Gasteiger partial charge in [0.15, 0.2) is 0 Å². The number of anilines is 1. The Labute approximate surface area is 163 Å². The molecule has 2 amide bonds. The number of carbonyl (C=O) groups is 2. The third-order valence-electron chi connectivity index (χ3n) is 4.34. The average molecular weight is 417 g/mol. The third-order valence-corrected chi connectivity index (χ3v) is 5.03. The fourth-order valence-electron chi connectivity index (χ4n) is 2.80. The number of halogens is 1. The van der Waals surface area contributed by atoms with Crippen LogP contribution < -0.4 is 10.6 Å². The van der Waals surface area contributed by atoms with Crippen molar-refractivity contribution in [2.75, 3.05) is 5.32 Å². The molecule has 26 heavy (non-hydrogen) atoms. The second-order valence-corrected chi connectivity index (χ2v) is 7.48. The minimum atomic E-state index is -0.626. The Morgan fingerprint density at radius 3 is 2.38 bits per heavy atom. The molecule has 0 spiro atoms. The van der Waals surface area contributed by atoms with E-state index in [0.29, 0.717) is 10.0 Å². The summed E-state index contributed by atoms with van der Waals surface area (Å²) >= 11 is 3.38. The van der Waals surface area contributed by atoms with Crippen molar-refractivity contribution in [3.05, 3.63) is 63.6 Å². The van der Waals surface area contributed by atoms with Crippen LogP contribution in [0.2, 0.25) is 0 Å². The Morgan fingerprint density at radius 1 is 1.08 bits per heavy atom. The van der Waals surface area contributed by atoms with Crippen LogP contribution in [-0.2, 0) is 11.2 Å². The van der Waals surface area contributed by atoms with Gasteiger partial charge in [-0.15, -0.1) is 0 Å². The SMILES string of the molecule is CCc1cccc(C)c1NC(=O)[C@@H](NC(=O)c1ccccc1Br)C(C)C. The summed E-state index contributed by atoms with van der Waals surface area (Å²) in [6.45, 7) is 7.87. The quantitative estimate of drug-likeness (QED) is 0.715. The van der Waals surface area contributed by atoms with Gasteiger partial charge in [-0.2, -0.15) is 0 Å². The van der Waals surface area contributed by atoms with Crippen molar-refractivity contribution in [3.8, 4) is 0 Å². The van der Waals surface area contributed by atoms with E-state index in [1.807, 2.05) is 45.0 Å². The van der Waals surface area contributed by atoms with E-state index in [1.54, 1.807) is 18.2 Å². The first kappa shape index (κ1) is 20.2. The van der Waals surface area contributed by atoms with E-state index in [9.17, 15) is 9.59 Å². The number of hydrogen-bond donors (Lipinski definition) is 2. The number of nitrogens with one attached hydrogen (secondary N) is 2. The predicted molar refractivity (Wildman–Crippen MR) is 109 cm³/mol. The molecule has 0 aliphatic rings. The summed E-state index contributed by atoms with van der Waals surface area (Å²) in [4.78, 5) is 25.5. The minimum Gasteiger partial charge on any atom is -0.340 e. The molecule has 2 aromatic carbocycles. The van der Waals surface area contributed by atoms with E-state index in [0.717, 1.165) is 23.2 Å². The van der Waals surface area contributed by atoms with Crippen molar-refractivity contribution in [2.45, 2.75) is 40.2 Å². The molecule has 1 atom stereocenters. The molecule has 0 radical (unpaired) electrons. The molecule has 0 unspecified atom stereocenters. The number of rotatable bonds is 6. The summed E-state index contributed by atoms with van der Waals surface area (Å²) < 4.78 is 0.701. The summed E-state index contributed by atoms with van der Waals surface area (Å²) in [5, 5.41) is 5.89. The van der Waals surface area contributed by atoms with Crippen LogP contribution in [0, 0.1) is 12.8 Å². The first-order chi connectivity index (χ1) is 12.3. The summed E-state index contributed by atoms with van der Waals surface area (Å²) in [5.74, 6) is -0.522. The van der Waals surface area contributed by atoms with Crippen LogP contribution in [0.3, 0.4) is 0 Å². The van der Waals surface area contributed by atoms with Gasteiger partial charge in [-0.1, -0.05) is 51.1 Å². The summed E-state index contributed by atoms with van der Waals surface area (Å²) in [6, 6.07) is 12.5. The normalized spacial score (nSPS) is 11.9. The van der Waals surface area contributed by atoms with Crippen LogP contribution in [0.1, 0.15) is 42.3 Å². The number of amides is 2. The maximum absolute atomic E-state index is 12.9. The van der Waals surface area contributed by atoms with Crippen LogP contribution in [0.15, 0.2) is 46.9 Å². The molecule has 0 saturated heterocycles. The molecular weight excluding hydrogens is 392 g/mol. The lowest BCUT2D eigenvalue weighted by molar-refractivity contribution is -0.118. The molecule has 0 fully saturated rings. The average Bonchev–Trinajstić information content (AvgIpc) is 2.61. The molecule has 4 nitrogen and oxygen atoms in total. The number of hydrogen-bond acceptors (Lipinski definition) is 2. The first-order valence-electron chi connectivity index (χ1n) is 8.79. The molecule has 0 saturated carbocycles.